The second-order valence-electron chi connectivity index (χ2n) is 6.61. The molecule has 1 atom stereocenters. The zero-order chi connectivity index (χ0) is 20.6. The van der Waals surface area contributed by atoms with Crippen LogP contribution in [0.4, 0.5) is 5.69 Å². The number of hydrogen-bond acceptors (Lipinski definition) is 6. The molecule has 0 aromatic heterocycles. The smallest absolute Gasteiger partial charge is 0.384 e. The number of esters is 2. The maximum Gasteiger partial charge on any atom is 0.384 e. The molecule has 0 aliphatic heterocycles. The number of nitrogens with one attached hydrogen (secondary N) is 1. The Hall–Kier alpha value is -2.97. The Labute approximate surface area is 158 Å². The van der Waals surface area contributed by atoms with Crippen LogP contribution in [-0.2, 0) is 23.9 Å². The highest BCUT2D eigenvalue weighted by molar-refractivity contribution is 6.08. The maximum absolute atomic E-state index is 12.7. The van der Waals surface area contributed by atoms with Crippen LogP contribution in [0, 0.1) is 0 Å². The number of nitrogens with zero attached hydrogens (tertiary/aromatic N) is 2. The fraction of sp³-hybridized carbons (Fsp3) is 0.500. The zero-order valence-corrected chi connectivity index (χ0v) is 16.1. The minimum Gasteiger partial charge on any atom is -0.507 e. The van der Waals surface area contributed by atoms with Gasteiger partial charge in [0.15, 0.2) is 0 Å². The molecule has 0 bridgehead atoms. The number of methoxy groups -OCH3 is 2. The van der Waals surface area contributed by atoms with E-state index in [1.54, 1.807) is 50.2 Å². The van der Waals surface area contributed by atoms with Crippen molar-refractivity contribution >= 4 is 23.5 Å². The Morgan fingerprint density at radius 1 is 1.15 bits per heavy atom. The van der Waals surface area contributed by atoms with Gasteiger partial charge in [-0.2, -0.15) is 0 Å². The van der Waals surface area contributed by atoms with Crippen LogP contribution in [0.5, 0.6) is 5.75 Å². The van der Waals surface area contributed by atoms with Crippen molar-refractivity contribution in [2.75, 3.05) is 25.7 Å². The Morgan fingerprint density at radius 3 is 2.19 bits per heavy atom. The summed E-state index contributed by atoms with van der Waals surface area (Å²) in [5.74, 6) is -1.67. The molecule has 0 aliphatic carbocycles. The second kappa shape index (κ2) is 9.65. The van der Waals surface area contributed by atoms with Crippen LogP contribution in [0.15, 0.2) is 24.3 Å². The van der Waals surface area contributed by atoms with Crippen LogP contribution in [0.2, 0.25) is 0 Å². The normalized spacial score (nSPS) is 11.9. The molecular formula is C18H25N3O6. The fourth-order valence-corrected chi connectivity index (χ4v) is 2.21. The first-order valence-corrected chi connectivity index (χ1v) is 8.27. The van der Waals surface area contributed by atoms with Crippen molar-refractivity contribution in [3.05, 3.63) is 29.8 Å². The third kappa shape index (κ3) is 6.69. The van der Waals surface area contributed by atoms with Crippen molar-refractivity contribution in [3.8, 4) is 5.75 Å². The quantitative estimate of drug-likeness (QED) is 0.397. The highest BCUT2D eigenvalue weighted by atomic mass is 16.6. The third-order valence-electron chi connectivity index (χ3n) is 3.42. The van der Waals surface area contributed by atoms with Crippen molar-refractivity contribution in [1.82, 2.24) is 0 Å². The standard InChI is InChI=1S/C18H25N3O6/c1-18(2,3)27-14(22)10-11-21(12-6-8-13(25-4)9-7-12)16(23)15(20-19)17(24)26-5/h6-9,15,20H,10-11H2,1-5H3. The summed E-state index contributed by atoms with van der Waals surface area (Å²) in [5.41, 5.74) is 8.95. The molecule has 0 fully saturated rings. The molecule has 1 aromatic rings. The van der Waals surface area contributed by atoms with E-state index in [-0.39, 0.29) is 13.0 Å². The van der Waals surface area contributed by atoms with Crippen molar-refractivity contribution in [2.45, 2.75) is 38.8 Å². The lowest BCUT2D eigenvalue weighted by molar-refractivity contribution is -0.497. The number of anilines is 1. The Morgan fingerprint density at radius 2 is 1.74 bits per heavy atom. The van der Waals surface area contributed by atoms with Gasteiger partial charge in [0.2, 0.25) is 0 Å². The first-order valence-electron chi connectivity index (χ1n) is 8.27. The molecular weight excluding hydrogens is 354 g/mol. The van der Waals surface area contributed by atoms with E-state index in [1.165, 1.54) is 12.0 Å². The van der Waals surface area contributed by atoms with Crippen LogP contribution in [0.3, 0.4) is 0 Å². The average molecular weight is 379 g/mol. The van der Waals surface area contributed by atoms with E-state index in [9.17, 15) is 19.9 Å². The first kappa shape index (κ1) is 22.1. The summed E-state index contributed by atoms with van der Waals surface area (Å²) in [6, 6.07) is 4.82. The van der Waals surface area contributed by atoms with Gasteiger partial charge in [-0.1, -0.05) is 0 Å². The highest BCUT2D eigenvalue weighted by Gasteiger charge is 2.35. The lowest BCUT2D eigenvalue weighted by Gasteiger charge is -2.25. The summed E-state index contributed by atoms with van der Waals surface area (Å²) in [5, 5.41) is 1.64. The van der Waals surface area contributed by atoms with Gasteiger partial charge in [-0.3, -0.25) is 9.59 Å². The summed E-state index contributed by atoms with van der Waals surface area (Å²) >= 11 is 0. The van der Waals surface area contributed by atoms with Crippen LogP contribution in [-0.4, -0.2) is 50.3 Å². The van der Waals surface area contributed by atoms with E-state index >= 15 is 0 Å². The number of amides is 1. The summed E-state index contributed by atoms with van der Waals surface area (Å²) in [4.78, 5) is 37.7. The molecule has 0 saturated carbocycles. The Balaban J connectivity index is 3.07. The summed E-state index contributed by atoms with van der Waals surface area (Å²) in [6.45, 7) is 5.15. The highest BCUT2D eigenvalue weighted by Crippen LogP contribution is 2.20. The first-order chi connectivity index (χ1) is 12.6. The molecule has 0 aliphatic rings. The second-order valence-corrected chi connectivity index (χ2v) is 6.61. The average Bonchev–Trinajstić information content (AvgIpc) is 2.61. The van der Waals surface area contributed by atoms with Gasteiger partial charge >= 0.3 is 23.9 Å². The number of hydrogen-bond donors (Lipinski definition) is 1. The summed E-state index contributed by atoms with van der Waals surface area (Å²) in [6.07, 6.45) is -0.103. The van der Waals surface area contributed by atoms with Crippen LogP contribution in [0.1, 0.15) is 27.2 Å². The molecule has 0 saturated heterocycles. The predicted molar refractivity (Wildman–Crippen MR) is 95.9 cm³/mol. The van der Waals surface area contributed by atoms with Gasteiger partial charge in [0.25, 0.3) is 0 Å². The van der Waals surface area contributed by atoms with E-state index in [0.717, 1.165) is 7.11 Å². The SMILES string of the molecule is COC(=O)C([NH+]=[N-])C(=O)N(CCC(=O)OC(C)(C)C)c1ccc(OC)cc1. The molecule has 0 spiro atoms. The molecule has 1 N–H and O–H groups in total. The molecule has 9 nitrogen and oxygen atoms in total. The number of rotatable bonds is 8. The van der Waals surface area contributed by atoms with Crippen molar-refractivity contribution in [1.29, 1.82) is 0 Å². The van der Waals surface area contributed by atoms with Crippen molar-refractivity contribution in [3.63, 3.8) is 0 Å². The fourth-order valence-electron chi connectivity index (χ4n) is 2.21. The topological polar surface area (TPSA) is 118 Å². The lowest BCUT2D eigenvalue weighted by atomic mass is 10.2. The molecule has 1 aromatic carbocycles. The van der Waals surface area contributed by atoms with Gasteiger partial charge in [0.05, 0.1) is 20.6 Å². The van der Waals surface area contributed by atoms with Gasteiger partial charge in [0, 0.05) is 12.2 Å². The van der Waals surface area contributed by atoms with E-state index in [0.29, 0.717) is 11.4 Å². The molecule has 27 heavy (non-hydrogen) atoms. The minimum atomic E-state index is -1.63. The van der Waals surface area contributed by atoms with Gasteiger partial charge in [0.1, 0.15) is 11.4 Å². The molecule has 9 heteroatoms. The molecule has 148 valence electrons. The van der Waals surface area contributed by atoms with Gasteiger partial charge in [-0.15, -0.1) is 0 Å². The van der Waals surface area contributed by atoms with E-state index in [2.05, 4.69) is 4.74 Å². The number of benzene rings is 1. The van der Waals surface area contributed by atoms with Crippen LogP contribution < -0.4 is 14.8 Å². The summed E-state index contributed by atoms with van der Waals surface area (Å²) in [7, 11) is 2.60. The molecule has 1 unspecified atom stereocenters. The lowest BCUT2D eigenvalue weighted by Crippen LogP contribution is -2.79. The van der Waals surface area contributed by atoms with Gasteiger partial charge in [-0.05, 0) is 45.0 Å². The van der Waals surface area contributed by atoms with Crippen molar-refractivity contribution in [2.24, 2.45) is 0 Å². The van der Waals surface area contributed by atoms with E-state index < -0.39 is 29.5 Å². The third-order valence-corrected chi connectivity index (χ3v) is 3.42. The molecule has 0 heterocycles. The molecule has 1 amide bonds. The van der Waals surface area contributed by atoms with Crippen LogP contribution in [0.25, 0.3) is 5.53 Å². The Kier molecular flexibility index (Phi) is 7.89. The number of carbonyl (C=O) groups excluding carboxylic acids is 3. The number of ether oxygens (including phenoxy) is 3. The number of carbonyl (C=O) groups is 3. The van der Waals surface area contributed by atoms with E-state index in [1.807, 2.05) is 0 Å². The molecule has 1 rings (SSSR count). The summed E-state index contributed by atoms with van der Waals surface area (Å²) < 4.78 is 14.8. The van der Waals surface area contributed by atoms with Gasteiger partial charge < -0.3 is 29.8 Å². The zero-order valence-electron chi connectivity index (χ0n) is 16.1. The molecule has 0 radical (unpaired) electrons. The minimum absolute atomic E-state index is 0.0603. The Bertz CT molecular complexity index is 681. The maximum atomic E-state index is 12.7. The predicted octanol–water partition coefficient (Wildman–Crippen LogP) is 0.404. The largest absolute Gasteiger partial charge is 0.507 e. The van der Waals surface area contributed by atoms with Gasteiger partial charge in [-0.25, -0.2) is 4.79 Å². The monoisotopic (exact) mass is 379 g/mol. The van der Waals surface area contributed by atoms with E-state index in [4.69, 9.17) is 9.47 Å². The van der Waals surface area contributed by atoms with Crippen LogP contribution >= 0.6 is 0 Å². The van der Waals surface area contributed by atoms with Crippen molar-refractivity contribution < 1.29 is 33.7 Å².